The van der Waals surface area contributed by atoms with Crippen molar-refractivity contribution in [3.8, 4) is 5.75 Å². The molecule has 17 heavy (non-hydrogen) atoms. The van der Waals surface area contributed by atoms with Crippen LogP contribution in [0.5, 0.6) is 5.75 Å². The van der Waals surface area contributed by atoms with Crippen molar-refractivity contribution in [2.24, 2.45) is 5.41 Å². The van der Waals surface area contributed by atoms with Gasteiger partial charge < -0.3 is 4.74 Å². The van der Waals surface area contributed by atoms with E-state index in [4.69, 9.17) is 4.74 Å². The van der Waals surface area contributed by atoms with Crippen LogP contribution in [-0.2, 0) is 6.42 Å². The number of ether oxygens (including phenoxy) is 1. The van der Waals surface area contributed by atoms with Gasteiger partial charge >= 0.3 is 0 Å². The van der Waals surface area contributed by atoms with Crippen LogP contribution in [0, 0.1) is 5.41 Å². The van der Waals surface area contributed by atoms with Crippen molar-refractivity contribution < 1.29 is 4.74 Å². The first kappa shape index (κ1) is 12.9. The molecule has 0 fully saturated rings. The third-order valence-corrected chi connectivity index (χ3v) is 5.58. The summed E-state index contributed by atoms with van der Waals surface area (Å²) < 4.78 is 5.74. The summed E-state index contributed by atoms with van der Waals surface area (Å²) in [6.45, 7) is 8.98. The highest BCUT2D eigenvalue weighted by Crippen LogP contribution is 2.44. The summed E-state index contributed by atoms with van der Waals surface area (Å²) >= 11 is 3.85. The van der Waals surface area contributed by atoms with Gasteiger partial charge in [0.1, 0.15) is 11.9 Å². The molecule has 2 unspecified atom stereocenters. The predicted octanol–water partition coefficient (Wildman–Crippen LogP) is 4.88. The Morgan fingerprint density at radius 3 is 2.82 bits per heavy atom. The molecule has 0 bridgehead atoms. The Hall–Kier alpha value is -0.500. The highest BCUT2D eigenvalue weighted by atomic mass is 79.9. The fourth-order valence-electron chi connectivity index (χ4n) is 2.23. The van der Waals surface area contributed by atoms with Gasteiger partial charge in [0.25, 0.3) is 0 Å². The van der Waals surface area contributed by atoms with Gasteiger partial charge in [-0.05, 0) is 36.0 Å². The fourth-order valence-corrected chi connectivity index (χ4v) is 2.84. The molecule has 2 atom stereocenters. The lowest BCUT2D eigenvalue weighted by molar-refractivity contribution is 0.254. The molecule has 1 aliphatic heterocycles. The molecule has 1 aromatic carbocycles. The number of halogens is 1. The number of fused-ring (bicyclic) bond motifs is 1. The van der Waals surface area contributed by atoms with Crippen molar-refractivity contribution in [3.05, 3.63) is 29.3 Å². The fraction of sp³-hybridized carbons (Fsp3) is 0.600. The van der Waals surface area contributed by atoms with Crippen molar-refractivity contribution in [2.45, 2.75) is 51.5 Å². The van der Waals surface area contributed by atoms with E-state index in [2.05, 4.69) is 61.8 Å². The Kier molecular flexibility index (Phi) is 3.53. The Bertz CT molecular complexity index is 411. The maximum Gasteiger partial charge on any atom is 0.123 e. The summed E-state index contributed by atoms with van der Waals surface area (Å²) in [5, 5.41) is 0. The molecule has 0 radical (unpaired) electrons. The first-order valence-corrected chi connectivity index (χ1v) is 7.29. The number of hydrogen-bond donors (Lipinski definition) is 0. The van der Waals surface area contributed by atoms with Crippen molar-refractivity contribution >= 4 is 15.9 Å². The minimum atomic E-state index is 0.277. The van der Waals surface area contributed by atoms with Gasteiger partial charge in [0.15, 0.2) is 0 Å². The van der Waals surface area contributed by atoms with Crippen molar-refractivity contribution in [2.75, 3.05) is 0 Å². The molecule has 1 nitrogen and oxygen atoms in total. The standard InChI is InChI=1S/C15H21BrO/c1-5-15(3,4)14(16)11-6-7-13-12(9-11)8-10(2)17-13/h6-7,9-10,14H,5,8H2,1-4H3. The van der Waals surface area contributed by atoms with Crippen molar-refractivity contribution in [1.82, 2.24) is 0 Å². The first-order chi connectivity index (χ1) is 7.94. The van der Waals surface area contributed by atoms with Crippen LogP contribution in [0.3, 0.4) is 0 Å². The number of alkyl halides is 1. The number of rotatable bonds is 3. The first-order valence-electron chi connectivity index (χ1n) is 6.37. The van der Waals surface area contributed by atoms with Gasteiger partial charge in [-0.15, -0.1) is 0 Å². The quantitative estimate of drug-likeness (QED) is 0.722. The number of benzene rings is 1. The second-order valence-electron chi connectivity index (χ2n) is 5.70. The topological polar surface area (TPSA) is 9.23 Å². The van der Waals surface area contributed by atoms with Crippen LogP contribution in [0.4, 0.5) is 0 Å². The summed E-state index contributed by atoms with van der Waals surface area (Å²) in [6, 6.07) is 6.61. The third kappa shape index (κ3) is 2.52. The number of hydrogen-bond acceptors (Lipinski definition) is 1. The zero-order valence-electron chi connectivity index (χ0n) is 11.1. The highest BCUT2D eigenvalue weighted by molar-refractivity contribution is 9.09. The molecular formula is C15H21BrO. The third-order valence-electron chi connectivity index (χ3n) is 3.81. The average molecular weight is 297 g/mol. The lowest BCUT2D eigenvalue weighted by Crippen LogP contribution is -2.16. The summed E-state index contributed by atoms with van der Waals surface area (Å²) in [5.74, 6) is 1.07. The van der Waals surface area contributed by atoms with E-state index in [0.29, 0.717) is 10.9 Å². The van der Waals surface area contributed by atoms with Crippen LogP contribution < -0.4 is 4.74 Å². The predicted molar refractivity (Wildman–Crippen MR) is 76.0 cm³/mol. The van der Waals surface area contributed by atoms with Gasteiger partial charge in [-0.1, -0.05) is 48.8 Å². The minimum absolute atomic E-state index is 0.277. The maximum atomic E-state index is 5.74. The highest BCUT2D eigenvalue weighted by Gasteiger charge is 2.28. The summed E-state index contributed by atoms with van der Waals surface area (Å²) in [7, 11) is 0. The van der Waals surface area contributed by atoms with E-state index in [0.717, 1.165) is 18.6 Å². The minimum Gasteiger partial charge on any atom is -0.490 e. The van der Waals surface area contributed by atoms with Gasteiger partial charge in [-0.2, -0.15) is 0 Å². The van der Waals surface area contributed by atoms with Crippen LogP contribution in [0.1, 0.15) is 50.1 Å². The molecule has 1 aromatic rings. The van der Waals surface area contributed by atoms with Crippen LogP contribution in [0.15, 0.2) is 18.2 Å². The zero-order chi connectivity index (χ0) is 12.6. The van der Waals surface area contributed by atoms with Crippen LogP contribution in [-0.4, -0.2) is 6.10 Å². The Labute approximate surface area is 113 Å². The van der Waals surface area contributed by atoms with Gasteiger partial charge in [0, 0.05) is 11.2 Å². The van der Waals surface area contributed by atoms with E-state index < -0.39 is 0 Å². The van der Waals surface area contributed by atoms with E-state index >= 15 is 0 Å². The molecular weight excluding hydrogens is 276 g/mol. The van der Waals surface area contributed by atoms with Crippen LogP contribution in [0.25, 0.3) is 0 Å². The van der Waals surface area contributed by atoms with E-state index in [-0.39, 0.29) is 5.41 Å². The lowest BCUT2D eigenvalue weighted by Gasteiger charge is -2.29. The van der Waals surface area contributed by atoms with Gasteiger partial charge in [0.2, 0.25) is 0 Å². The van der Waals surface area contributed by atoms with Crippen molar-refractivity contribution in [3.63, 3.8) is 0 Å². The molecule has 0 amide bonds. The van der Waals surface area contributed by atoms with Gasteiger partial charge in [0.05, 0.1) is 0 Å². The molecule has 0 spiro atoms. The smallest absolute Gasteiger partial charge is 0.123 e. The molecule has 1 aliphatic rings. The summed E-state index contributed by atoms with van der Waals surface area (Å²) in [4.78, 5) is 0.404. The Morgan fingerprint density at radius 1 is 1.47 bits per heavy atom. The van der Waals surface area contributed by atoms with E-state index in [9.17, 15) is 0 Å². The van der Waals surface area contributed by atoms with E-state index in [1.807, 2.05) is 0 Å². The Morgan fingerprint density at radius 2 is 2.18 bits per heavy atom. The molecule has 0 N–H and O–H groups in total. The van der Waals surface area contributed by atoms with Gasteiger partial charge in [-0.25, -0.2) is 0 Å². The van der Waals surface area contributed by atoms with Crippen molar-refractivity contribution in [1.29, 1.82) is 0 Å². The van der Waals surface area contributed by atoms with E-state index in [1.54, 1.807) is 0 Å². The molecule has 94 valence electrons. The second-order valence-corrected chi connectivity index (χ2v) is 6.62. The molecule has 0 aliphatic carbocycles. The molecule has 2 heteroatoms. The summed E-state index contributed by atoms with van der Waals surface area (Å²) in [5.41, 5.74) is 3.00. The normalized spacial score (nSPS) is 20.9. The van der Waals surface area contributed by atoms with Crippen LogP contribution >= 0.6 is 15.9 Å². The largest absolute Gasteiger partial charge is 0.490 e. The second kappa shape index (κ2) is 4.64. The average Bonchev–Trinajstić information content (AvgIpc) is 2.66. The molecule has 2 rings (SSSR count). The molecule has 0 saturated carbocycles. The summed E-state index contributed by atoms with van der Waals surface area (Å²) in [6.07, 6.45) is 2.52. The van der Waals surface area contributed by atoms with Gasteiger partial charge in [-0.3, -0.25) is 0 Å². The lowest BCUT2D eigenvalue weighted by atomic mass is 9.83. The maximum absolute atomic E-state index is 5.74. The Balaban J connectivity index is 2.27. The molecule has 1 heterocycles. The monoisotopic (exact) mass is 296 g/mol. The molecule has 0 saturated heterocycles. The zero-order valence-corrected chi connectivity index (χ0v) is 12.7. The van der Waals surface area contributed by atoms with Crippen LogP contribution in [0.2, 0.25) is 0 Å². The molecule has 0 aromatic heterocycles. The SMILES string of the molecule is CCC(C)(C)C(Br)c1ccc2c(c1)CC(C)O2. The van der Waals surface area contributed by atoms with E-state index in [1.165, 1.54) is 11.1 Å².